The molecule has 0 aliphatic carbocycles. The largest absolute Gasteiger partial charge is 0.418 e. The molecule has 10 heteroatoms. The Kier molecular flexibility index (Phi) is 9.90. The number of rotatable bonds is 5. The third-order valence-corrected chi connectivity index (χ3v) is 4.70. The Bertz CT molecular complexity index is 828. The molecule has 1 fully saturated rings. The van der Waals surface area contributed by atoms with Crippen LogP contribution < -0.4 is 11.1 Å². The summed E-state index contributed by atoms with van der Waals surface area (Å²) in [5.41, 5.74) is 6.62. The number of hydrogen-bond acceptors (Lipinski definition) is 4. The Morgan fingerprint density at radius 2 is 1.60 bits per heavy atom. The number of hydrogen-bond donors (Lipinski definition) is 2. The van der Waals surface area contributed by atoms with Gasteiger partial charge < -0.3 is 11.1 Å². The summed E-state index contributed by atoms with van der Waals surface area (Å²) in [5, 5.41) is 2.39. The van der Waals surface area contributed by atoms with Crippen LogP contribution in [0.25, 0.3) is 0 Å². The molecule has 1 heterocycles. The maximum Gasteiger partial charge on any atom is 0.418 e. The van der Waals surface area contributed by atoms with Crippen LogP contribution in [-0.4, -0.2) is 48.4 Å². The first-order chi connectivity index (χ1) is 13.3. The van der Waals surface area contributed by atoms with Crippen LogP contribution in [0.1, 0.15) is 11.1 Å². The summed E-state index contributed by atoms with van der Waals surface area (Å²) in [4.78, 5) is 16.4. The number of benzene rings is 2. The molecule has 0 bridgehead atoms. The molecule has 1 amide bonds. The highest BCUT2D eigenvalue weighted by Gasteiger charge is 2.33. The molecule has 0 spiro atoms. The molecule has 5 nitrogen and oxygen atoms in total. The van der Waals surface area contributed by atoms with Crippen molar-refractivity contribution in [1.82, 2.24) is 9.80 Å². The number of anilines is 2. The molecule has 3 N–H and O–H groups in total. The van der Waals surface area contributed by atoms with Gasteiger partial charge in [0.1, 0.15) is 0 Å². The zero-order valence-electron chi connectivity index (χ0n) is 16.2. The van der Waals surface area contributed by atoms with Crippen molar-refractivity contribution in [1.29, 1.82) is 0 Å². The molecule has 0 saturated carbocycles. The van der Waals surface area contributed by atoms with Gasteiger partial charge in [0.15, 0.2) is 0 Å². The predicted molar refractivity (Wildman–Crippen MR) is 117 cm³/mol. The quantitative estimate of drug-likeness (QED) is 0.658. The molecule has 1 saturated heterocycles. The van der Waals surface area contributed by atoms with Crippen molar-refractivity contribution in [2.75, 3.05) is 43.8 Å². The SMILES string of the molecule is Cl.Cl.Nc1cccc(CN2CCN(CC(=O)Nc3ccccc3C(F)(F)F)CC2)c1. The summed E-state index contributed by atoms with van der Waals surface area (Å²) in [6.45, 7) is 3.76. The number of nitrogen functional groups attached to an aromatic ring is 1. The monoisotopic (exact) mass is 464 g/mol. The van der Waals surface area contributed by atoms with E-state index in [1.165, 1.54) is 18.2 Å². The van der Waals surface area contributed by atoms with Crippen molar-refractivity contribution < 1.29 is 18.0 Å². The summed E-state index contributed by atoms with van der Waals surface area (Å²) in [6, 6.07) is 12.7. The van der Waals surface area contributed by atoms with E-state index in [2.05, 4.69) is 10.2 Å². The van der Waals surface area contributed by atoms with Crippen LogP contribution in [0.5, 0.6) is 0 Å². The van der Waals surface area contributed by atoms with Crippen LogP contribution in [0.2, 0.25) is 0 Å². The van der Waals surface area contributed by atoms with Crippen molar-refractivity contribution in [2.24, 2.45) is 0 Å². The summed E-state index contributed by atoms with van der Waals surface area (Å²) in [5.74, 6) is -0.444. The van der Waals surface area contributed by atoms with Gasteiger partial charge in [-0.15, -0.1) is 24.8 Å². The van der Waals surface area contributed by atoms with Gasteiger partial charge in [0.2, 0.25) is 5.91 Å². The van der Waals surface area contributed by atoms with Crippen molar-refractivity contribution >= 4 is 42.1 Å². The van der Waals surface area contributed by atoms with E-state index in [0.717, 1.165) is 37.0 Å². The third-order valence-electron chi connectivity index (χ3n) is 4.70. The van der Waals surface area contributed by atoms with Crippen LogP contribution in [0, 0.1) is 0 Å². The lowest BCUT2D eigenvalue weighted by Crippen LogP contribution is -2.48. The van der Waals surface area contributed by atoms with Gasteiger partial charge in [0.05, 0.1) is 17.8 Å². The highest BCUT2D eigenvalue weighted by atomic mass is 35.5. The standard InChI is InChI=1S/C20H23F3N4O.2ClH/c21-20(22,23)17-6-1-2-7-18(17)25-19(28)14-27-10-8-26(9-11-27)13-15-4-3-5-16(24)12-15;;/h1-7,12H,8-11,13-14,24H2,(H,25,28);2*1H. The van der Waals surface area contributed by atoms with E-state index in [0.29, 0.717) is 13.1 Å². The number of nitrogens with zero attached hydrogens (tertiary/aromatic N) is 2. The molecule has 0 radical (unpaired) electrons. The maximum absolute atomic E-state index is 13.0. The van der Waals surface area contributed by atoms with E-state index in [-0.39, 0.29) is 37.0 Å². The fraction of sp³-hybridized carbons (Fsp3) is 0.350. The summed E-state index contributed by atoms with van der Waals surface area (Å²) >= 11 is 0. The van der Waals surface area contributed by atoms with Crippen LogP contribution >= 0.6 is 24.8 Å². The van der Waals surface area contributed by atoms with Gasteiger partial charge in [-0.1, -0.05) is 24.3 Å². The van der Waals surface area contributed by atoms with E-state index in [9.17, 15) is 18.0 Å². The van der Waals surface area contributed by atoms with E-state index >= 15 is 0 Å². The topological polar surface area (TPSA) is 61.6 Å². The number of nitrogens with two attached hydrogens (primary N) is 1. The maximum atomic E-state index is 13.0. The van der Waals surface area contributed by atoms with Crippen LogP contribution in [0.15, 0.2) is 48.5 Å². The molecular formula is C20H25Cl2F3N4O. The lowest BCUT2D eigenvalue weighted by molar-refractivity contribution is -0.137. The molecule has 0 atom stereocenters. The first kappa shape index (κ1) is 26.0. The molecule has 1 aliphatic rings. The molecule has 2 aromatic rings. The van der Waals surface area contributed by atoms with Gasteiger partial charge in [0, 0.05) is 38.4 Å². The second kappa shape index (κ2) is 11.4. The second-order valence-corrected chi connectivity index (χ2v) is 6.89. The highest BCUT2D eigenvalue weighted by Crippen LogP contribution is 2.34. The number of para-hydroxylation sites is 1. The van der Waals surface area contributed by atoms with Crippen LogP contribution in [0.4, 0.5) is 24.5 Å². The zero-order valence-corrected chi connectivity index (χ0v) is 17.8. The number of halogens is 5. The van der Waals surface area contributed by atoms with E-state index < -0.39 is 17.6 Å². The zero-order chi connectivity index (χ0) is 20.1. The summed E-state index contributed by atoms with van der Waals surface area (Å²) < 4.78 is 39.1. The Hall–Kier alpha value is -2.00. The second-order valence-electron chi connectivity index (χ2n) is 6.89. The van der Waals surface area contributed by atoms with Crippen molar-refractivity contribution in [2.45, 2.75) is 12.7 Å². The van der Waals surface area contributed by atoms with Crippen LogP contribution in [0.3, 0.4) is 0 Å². The average Bonchev–Trinajstić information content (AvgIpc) is 2.63. The van der Waals surface area contributed by atoms with Gasteiger partial charge in [-0.05, 0) is 29.8 Å². The average molecular weight is 465 g/mol. The first-order valence-corrected chi connectivity index (χ1v) is 9.06. The summed E-state index contributed by atoms with van der Waals surface area (Å²) in [6.07, 6.45) is -4.50. The normalized spacial score (nSPS) is 15.0. The molecule has 30 heavy (non-hydrogen) atoms. The van der Waals surface area contributed by atoms with Gasteiger partial charge in [-0.25, -0.2) is 0 Å². The Morgan fingerprint density at radius 3 is 2.23 bits per heavy atom. The molecule has 0 unspecified atom stereocenters. The van der Waals surface area contributed by atoms with E-state index in [1.54, 1.807) is 0 Å². The lowest BCUT2D eigenvalue weighted by Gasteiger charge is -2.34. The number of carbonyl (C=O) groups excluding carboxylic acids is 1. The number of alkyl halides is 3. The van der Waals surface area contributed by atoms with Crippen molar-refractivity contribution in [3.8, 4) is 0 Å². The number of piperazine rings is 1. The van der Waals surface area contributed by atoms with Gasteiger partial charge in [0.25, 0.3) is 0 Å². The molecular weight excluding hydrogens is 440 g/mol. The minimum Gasteiger partial charge on any atom is -0.399 e. The minimum absolute atomic E-state index is 0. The lowest BCUT2D eigenvalue weighted by atomic mass is 10.1. The molecule has 1 aliphatic heterocycles. The highest BCUT2D eigenvalue weighted by molar-refractivity contribution is 5.93. The summed E-state index contributed by atoms with van der Waals surface area (Å²) in [7, 11) is 0. The number of amides is 1. The molecule has 0 aromatic heterocycles. The third kappa shape index (κ3) is 7.36. The number of carbonyl (C=O) groups is 1. The predicted octanol–water partition coefficient (Wildman–Crippen LogP) is 3.89. The number of nitrogens with one attached hydrogen (secondary N) is 1. The Balaban J connectivity index is 0.00000225. The van der Waals surface area contributed by atoms with E-state index in [4.69, 9.17) is 5.73 Å². The Labute approximate surface area is 186 Å². The first-order valence-electron chi connectivity index (χ1n) is 9.06. The van der Waals surface area contributed by atoms with Gasteiger partial charge in [-0.2, -0.15) is 13.2 Å². The van der Waals surface area contributed by atoms with Gasteiger partial charge >= 0.3 is 6.18 Å². The fourth-order valence-electron chi connectivity index (χ4n) is 3.29. The van der Waals surface area contributed by atoms with E-state index in [1.807, 2.05) is 29.2 Å². The van der Waals surface area contributed by atoms with Crippen molar-refractivity contribution in [3.63, 3.8) is 0 Å². The minimum atomic E-state index is -4.50. The smallest absolute Gasteiger partial charge is 0.399 e. The van der Waals surface area contributed by atoms with Crippen molar-refractivity contribution in [3.05, 3.63) is 59.7 Å². The Morgan fingerprint density at radius 1 is 0.967 bits per heavy atom. The van der Waals surface area contributed by atoms with Gasteiger partial charge in [-0.3, -0.25) is 14.6 Å². The van der Waals surface area contributed by atoms with Crippen LogP contribution in [-0.2, 0) is 17.5 Å². The fourth-order valence-corrected chi connectivity index (χ4v) is 3.29. The molecule has 2 aromatic carbocycles. The molecule has 166 valence electrons. The molecule has 3 rings (SSSR count).